The van der Waals surface area contributed by atoms with Crippen LogP contribution in [0.25, 0.3) is 20.8 Å². The number of aromatic nitrogens is 1. The second kappa shape index (κ2) is 9.27. The largest absolute Gasteiger partial charge is 0.350 e. The molecule has 2 fully saturated rings. The van der Waals surface area contributed by atoms with Gasteiger partial charge in [0.05, 0.1) is 29.5 Å². The van der Waals surface area contributed by atoms with Gasteiger partial charge < -0.3 is 14.8 Å². The minimum absolute atomic E-state index is 0.0278. The van der Waals surface area contributed by atoms with Crippen molar-refractivity contribution in [3.05, 3.63) is 48.0 Å². The van der Waals surface area contributed by atoms with E-state index in [1.54, 1.807) is 11.3 Å². The number of likely N-dealkylation sites (tertiary alicyclic amines) is 1. The molecule has 0 spiro atoms. The Balaban J connectivity index is 1.18. The van der Waals surface area contributed by atoms with Crippen LogP contribution in [0.2, 0.25) is 0 Å². The van der Waals surface area contributed by atoms with Crippen molar-refractivity contribution in [3.8, 4) is 10.6 Å². The van der Waals surface area contributed by atoms with Crippen LogP contribution in [0.1, 0.15) is 25.3 Å². The van der Waals surface area contributed by atoms with E-state index in [4.69, 9.17) is 14.5 Å². The molecule has 168 valence electrons. The number of thiazole rings is 1. The smallest absolute Gasteiger partial charge is 0.241 e. The van der Waals surface area contributed by atoms with Crippen molar-refractivity contribution in [2.24, 2.45) is 5.92 Å². The summed E-state index contributed by atoms with van der Waals surface area (Å²) >= 11 is 1.69. The van der Waals surface area contributed by atoms with Crippen molar-refractivity contribution >= 4 is 33.1 Å². The van der Waals surface area contributed by atoms with E-state index < -0.39 is 0 Å². The molecule has 2 aliphatic heterocycles. The molecule has 1 N–H and O–H groups in total. The van der Waals surface area contributed by atoms with Crippen LogP contribution in [0.4, 0.5) is 5.69 Å². The van der Waals surface area contributed by atoms with Gasteiger partial charge in [-0.1, -0.05) is 6.07 Å². The number of carbonyl (C=O) groups is 1. The van der Waals surface area contributed by atoms with Gasteiger partial charge in [0, 0.05) is 17.2 Å². The zero-order valence-corrected chi connectivity index (χ0v) is 19.4. The Bertz CT molecular complexity index is 1080. The van der Waals surface area contributed by atoms with E-state index in [9.17, 15) is 4.79 Å². The summed E-state index contributed by atoms with van der Waals surface area (Å²) < 4.78 is 12.5. The second-order valence-electron chi connectivity index (χ2n) is 8.72. The van der Waals surface area contributed by atoms with Crippen molar-refractivity contribution < 1.29 is 14.3 Å². The van der Waals surface area contributed by atoms with Gasteiger partial charge in [-0.25, -0.2) is 4.98 Å². The second-order valence-corrected chi connectivity index (χ2v) is 9.75. The van der Waals surface area contributed by atoms with Crippen LogP contribution in [0.5, 0.6) is 0 Å². The monoisotopic (exact) mass is 451 g/mol. The molecule has 1 atom stereocenters. The van der Waals surface area contributed by atoms with Crippen LogP contribution in [-0.2, 0) is 14.3 Å². The molecule has 0 radical (unpaired) electrons. The van der Waals surface area contributed by atoms with Crippen LogP contribution < -0.4 is 5.32 Å². The molecule has 1 amide bonds. The maximum absolute atomic E-state index is 12.8. The number of rotatable bonds is 5. The van der Waals surface area contributed by atoms with Crippen LogP contribution in [0, 0.1) is 12.8 Å². The molecular weight excluding hydrogens is 422 g/mol. The van der Waals surface area contributed by atoms with Crippen molar-refractivity contribution in [1.29, 1.82) is 0 Å². The summed E-state index contributed by atoms with van der Waals surface area (Å²) in [5.74, 6) is 0.461. The first-order valence-corrected chi connectivity index (χ1v) is 12.1. The van der Waals surface area contributed by atoms with Gasteiger partial charge in [0.1, 0.15) is 5.01 Å². The van der Waals surface area contributed by atoms with Gasteiger partial charge in [0.25, 0.3) is 0 Å². The normalized spacial score (nSPS) is 19.4. The topological polar surface area (TPSA) is 63.7 Å². The highest BCUT2D eigenvalue weighted by atomic mass is 32.1. The van der Waals surface area contributed by atoms with Gasteiger partial charge >= 0.3 is 0 Å². The maximum Gasteiger partial charge on any atom is 0.241 e. The van der Waals surface area contributed by atoms with Crippen LogP contribution >= 0.6 is 11.3 Å². The van der Waals surface area contributed by atoms with Gasteiger partial charge in [0.2, 0.25) is 5.91 Å². The lowest BCUT2D eigenvalue weighted by Gasteiger charge is -2.36. The molecular formula is C25H29N3O3S. The molecule has 32 heavy (non-hydrogen) atoms. The molecule has 5 rings (SSSR count). The Kier molecular flexibility index (Phi) is 6.24. The Labute approximate surface area is 192 Å². The Morgan fingerprint density at radius 2 is 1.84 bits per heavy atom. The van der Waals surface area contributed by atoms with Crippen LogP contribution in [0.3, 0.4) is 0 Å². The maximum atomic E-state index is 12.8. The van der Waals surface area contributed by atoms with Gasteiger partial charge in [-0.3, -0.25) is 9.69 Å². The number of fused-ring (bicyclic) bond motifs is 1. The van der Waals surface area contributed by atoms with Gasteiger partial charge in [-0.15, -0.1) is 11.3 Å². The fourth-order valence-corrected chi connectivity index (χ4v) is 5.56. The molecule has 0 aliphatic carbocycles. The SMILES string of the molecule is Cc1ccc2nc(-c3ccc(NC(=O)C(C)N4CCC(C5OCCO5)CC4)cc3)sc2c1. The van der Waals surface area contributed by atoms with E-state index in [2.05, 4.69) is 35.3 Å². The zero-order chi connectivity index (χ0) is 22.1. The highest BCUT2D eigenvalue weighted by Crippen LogP contribution is 2.31. The number of benzene rings is 2. The molecule has 6 nitrogen and oxygen atoms in total. The molecule has 1 unspecified atom stereocenters. The third-order valence-corrected chi connectivity index (χ3v) is 7.54. The summed E-state index contributed by atoms with van der Waals surface area (Å²) in [5, 5.41) is 4.07. The average molecular weight is 452 g/mol. The van der Waals surface area contributed by atoms with Crippen molar-refractivity contribution in [1.82, 2.24) is 9.88 Å². The standard InChI is InChI=1S/C25H29N3O3S/c1-16-3-8-21-22(15-16)32-24(27-21)18-4-6-20(7-5-18)26-23(29)17(2)28-11-9-19(10-12-28)25-30-13-14-31-25/h3-8,15,17,19,25H,9-14H2,1-2H3,(H,26,29). The summed E-state index contributed by atoms with van der Waals surface area (Å²) in [7, 11) is 0. The number of nitrogens with zero attached hydrogens (tertiary/aromatic N) is 2. The molecule has 0 saturated carbocycles. The van der Waals surface area contributed by atoms with E-state index in [1.165, 1.54) is 10.3 Å². The summed E-state index contributed by atoms with van der Waals surface area (Å²) in [4.78, 5) is 19.8. The van der Waals surface area contributed by atoms with E-state index in [0.717, 1.165) is 47.7 Å². The highest BCUT2D eigenvalue weighted by Gasteiger charge is 2.33. The summed E-state index contributed by atoms with van der Waals surface area (Å²) in [5.41, 5.74) is 4.14. The number of piperidine rings is 1. The van der Waals surface area contributed by atoms with E-state index in [-0.39, 0.29) is 18.2 Å². The number of nitrogens with one attached hydrogen (secondary N) is 1. The van der Waals surface area contributed by atoms with Gasteiger partial charge in [0.15, 0.2) is 6.29 Å². The molecule has 1 aromatic heterocycles. The minimum Gasteiger partial charge on any atom is -0.350 e. The summed E-state index contributed by atoms with van der Waals surface area (Å²) in [6, 6.07) is 14.1. The van der Waals surface area contributed by atoms with Crippen LogP contribution in [0.15, 0.2) is 42.5 Å². The quantitative estimate of drug-likeness (QED) is 0.610. The molecule has 2 aromatic carbocycles. The lowest BCUT2D eigenvalue weighted by Crippen LogP contribution is -2.47. The Hall–Kier alpha value is -2.32. The van der Waals surface area contributed by atoms with Crippen molar-refractivity contribution in [2.45, 2.75) is 39.0 Å². The molecule has 2 aliphatic rings. The molecule has 0 bridgehead atoms. The Morgan fingerprint density at radius 1 is 1.12 bits per heavy atom. The third-order valence-electron chi connectivity index (χ3n) is 6.48. The molecule has 3 heterocycles. The van der Waals surface area contributed by atoms with Crippen molar-refractivity contribution in [3.63, 3.8) is 0 Å². The van der Waals surface area contributed by atoms with Crippen molar-refractivity contribution in [2.75, 3.05) is 31.6 Å². The number of carbonyl (C=O) groups excluding carboxylic acids is 1. The van der Waals surface area contributed by atoms with E-state index in [1.807, 2.05) is 31.2 Å². The van der Waals surface area contributed by atoms with Gasteiger partial charge in [-0.05, 0) is 81.7 Å². The number of aryl methyl sites for hydroxylation is 1. The predicted octanol–water partition coefficient (Wildman–Crippen LogP) is 4.68. The molecule has 3 aromatic rings. The average Bonchev–Trinajstić information content (AvgIpc) is 3.49. The Morgan fingerprint density at radius 3 is 2.56 bits per heavy atom. The first-order valence-electron chi connectivity index (χ1n) is 11.3. The summed E-state index contributed by atoms with van der Waals surface area (Å²) in [6.07, 6.45) is 1.94. The summed E-state index contributed by atoms with van der Waals surface area (Å²) in [6.45, 7) is 7.24. The number of ether oxygens (including phenoxy) is 2. The van der Waals surface area contributed by atoms with E-state index in [0.29, 0.717) is 19.1 Å². The molecule has 2 saturated heterocycles. The number of amides is 1. The minimum atomic E-state index is -0.173. The fourth-order valence-electron chi connectivity index (χ4n) is 4.49. The van der Waals surface area contributed by atoms with E-state index >= 15 is 0 Å². The first-order chi connectivity index (χ1) is 15.6. The molecule has 7 heteroatoms. The number of hydrogen-bond donors (Lipinski definition) is 1. The number of hydrogen-bond acceptors (Lipinski definition) is 6. The fraction of sp³-hybridized carbons (Fsp3) is 0.440. The zero-order valence-electron chi connectivity index (χ0n) is 18.5. The first kappa shape index (κ1) is 21.5. The number of anilines is 1. The highest BCUT2D eigenvalue weighted by molar-refractivity contribution is 7.21. The van der Waals surface area contributed by atoms with Crippen LogP contribution in [-0.4, -0.2) is 54.4 Å². The third kappa shape index (κ3) is 4.57. The predicted molar refractivity (Wildman–Crippen MR) is 128 cm³/mol. The lowest BCUT2D eigenvalue weighted by molar-refractivity contribution is -0.123. The lowest BCUT2D eigenvalue weighted by atomic mass is 9.95. The van der Waals surface area contributed by atoms with Gasteiger partial charge in [-0.2, -0.15) is 0 Å².